The van der Waals surface area contributed by atoms with Gasteiger partial charge in [-0.15, -0.1) is 11.6 Å². The summed E-state index contributed by atoms with van der Waals surface area (Å²) in [7, 11) is 0. The van der Waals surface area contributed by atoms with Crippen molar-refractivity contribution in [3.8, 4) is 0 Å². The molecule has 0 bridgehead atoms. The van der Waals surface area contributed by atoms with Crippen LogP contribution in [0.5, 0.6) is 0 Å². The molecule has 0 unspecified atom stereocenters. The number of halogens is 1. The Kier molecular flexibility index (Phi) is 3.72. The van der Waals surface area contributed by atoms with Gasteiger partial charge in [0.2, 0.25) is 0 Å². The average Bonchev–Trinajstić information content (AvgIpc) is 3.04. The van der Waals surface area contributed by atoms with Crippen molar-refractivity contribution in [3.05, 3.63) is 23.7 Å². The predicted molar refractivity (Wildman–Crippen MR) is 83.0 cm³/mol. The van der Waals surface area contributed by atoms with Crippen molar-refractivity contribution in [2.45, 2.75) is 58.4 Å². The number of rotatable bonds is 4. The van der Waals surface area contributed by atoms with Crippen molar-refractivity contribution in [1.82, 2.24) is 14.5 Å². The van der Waals surface area contributed by atoms with Gasteiger partial charge < -0.3 is 4.57 Å². The van der Waals surface area contributed by atoms with Crippen molar-refractivity contribution in [2.24, 2.45) is 5.41 Å². The molecular weight excluding hydrogens is 270 g/mol. The monoisotopic (exact) mass is 291 g/mol. The maximum atomic E-state index is 6.11. The van der Waals surface area contributed by atoms with Crippen molar-refractivity contribution < 1.29 is 0 Å². The molecule has 0 N–H and O–H groups in total. The van der Waals surface area contributed by atoms with Gasteiger partial charge in [0.15, 0.2) is 5.65 Å². The summed E-state index contributed by atoms with van der Waals surface area (Å²) in [6.45, 7) is 5.37. The van der Waals surface area contributed by atoms with Crippen LogP contribution in [0, 0.1) is 12.3 Å². The van der Waals surface area contributed by atoms with Crippen LogP contribution in [0.25, 0.3) is 11.2 Å². The summed E-state index contributed by atoms with van der Waals surface area (Å²) in [5.74, 6) is 1.41. The van der Waals surface area contributed by atoms with Gasteiger partial charge in [-0.05, 0) is 43.2 Å². The van der Waals surface area contributed by atoms with E-state index in [1.54, 1.807) is 0 Å². The molecule has 0 radical (unpaired) electrons. The number of imidazole rings is 1. The molecule has 3 nitrogen and oxygen atoms in total. The summed E-state index contributed by atoms with van der Waals surface area (Å²) >= 11 is 6.11. The fraction of sp³-hybridized carbons (Fsp3) is 0.625. The number of pyridine rings is 1. The normalized spacial score (nSPS) is 17.9. The molecule has 0 atom stereocenters. The molecule has 2 aromatic heterocycles. The molecule has 20 heavy (non-hydrogen) atoms. The van der Waals surface area contributed by atoms with Crippen LogP contribution in [-0.2, 0) is 12.4 Å². The standard InChI is InChI=1S/C16H22ClN3/c1-3-16(6-4-5-7-16)11-20-14(9-17)19-13-8-12(2)10-18-15(13)20/h8,10H,3-7,9,11H2,1-2H3. The van der Waals surface area contributed by atoms with E-state index in [4.69, 9.17) is 11.6 Å². The molecular formula is C16H22ClN3. The predicted octanol–water partition coefficient (Wildman–Crippen LogP) is 4.45. The fourth-order valence-electron chi connectivity index (χ4n) is 3.51. The van der Waals surface area contributed by atoms with E-state index in [1.807, 2.05) is 6.20 Å². The lowest BCUT2D eigenvalue weighted by Gasteiger charge is -2.28. The molecule has 1 fully saturated rings. The SMILES string of the molecule is CCC1(Cn2c(CCl)nc3cc(C)cnc32)CCCC1. The molecule has 0 saturated heterocycles. The van der Waals surface area contributed by atoms with Crippen molar-refractivity contribution in [3.63, 3.8) is 0 Å². The van der Waals surface area contributed by atoms with Crippen LogP contribution in [-0.4, -0.2) is 14.5 Å². The molecule has 2 aromatic rings. The van der Waals surface area contributed by atoms with Gasteiger partial charge in [-0.25, -0.2) is 9.97 Å². The minimum atomic E-state index is 0.418. The van der Waals surface area contributed by atoms with E-state index < -0.39 is 0 Å². The van der Waals surface area contributed by atoms with Gasteiger partial charge in [0.1, 0.15) is 11.3 Å². The summed E-state index contributed by atoms with van der Waals surface area (Å²) in [6.07, 6.45) is 8.48. The summed E-state index contributed by atoms with van der Waals surface area (Å²) in [4.78, 5) is 9.27. The molecule has 0 amide bonds. The van der Waals surface area contributed by atoms with Crippen LogP contribution in [0.3, 0.4) is 0 Å². The van der Waals surface area contributed by atoms with E-state index >= 15 is 0 Å². The van der Waals surface area contributed by atoms with E-state index in [0.717, 1.165) is 29.1 Å². The van der Waals surface area contributed by atoms with Gasteiger partial charge in [-0.3, -0.25) is 0 Å². The quantitative estimate of drug-likeness (QED) is 0.779. The molecule has 0 spiro atoms. The first kappa shape index (κ1) is 13.9. The van der Waals surface area contributed by atoms with Gasteiger partial charge in [0.25, 0.3) is 0 Å². The van der Waals surface area contributed by atoms with Crippen molar-refractivity contribution >= 4 is 22.8 Å². The summed E-state index contributed by atoms with van der Waals surface area (Å²) in [5, 5.41) is 0. The minimum absolute atomic E-state index is 0.418. The van der Waals surface area contributed by atoms with Crippen LogP contribution in [0.2, 0.25) is 0 Å². The number of nitrogens with zero attached hydrogens (tertiary/aromatic N) is 3. The third-order valence-corrected chi connectivity index (χ3v) is 5.07. The number of aryl methyl sites for hydroxylation is 1. The molecule has 0 aromatic carbocycles. The molecule has 3 rings (SSSR count). The summed E-state index contributed by atoms with van der Waals surface area (Å²) in [5.41, 5.74) is 3.53. The zero-order chi connectivity index (χ0) is 14.2. The average molecular weight is 292 g/mol. The van der Waals surface area contributed by atoms with Crippen LogP contribution in [0.15, 0.2) is 12.3 Å². The third kappa shape index (κ3) is 2.32. The minimum Gasteiger partial charge on any atom is -0.311 e. The number of hydrogen-bond acceptors (Lipinski definition) is 2. The second-order valence-corrected chi connectivity index (χ2v) is 6.43. The Balaban J connectivity index is 2.05. The molecule has 2 heterocycles. The largest absolute Gasteiger partial charge is 0.311 e. The van der Waals surface area contributed by atoms with Crippen LogP contribution in [0.4, 0.5) is 0 Å². The highest BCUT2D eigenvalue weighted by molar-refractivity contribution is 6.16. The molecule has 108 valence electrons. The molecule has 1 saturated carbocycles. The Morgan fingerprint density at radius 3 is 2.75 bits per heavy atom. The molecule has 4 heteroatoms. The van der Waals surface area contributed by atoms with E-state index in [-0.39, 0.29) is 0 Å². The lowest BCUT2D eigenvalue weighted by Crippen LogP contribution is -2.24. The topological polar surface area (TPSA) is 30.7 Å². The lowest BCUT2D eigenvalue weighted by atomic mass is 9.83. The van der Waals surface area contributed by atoms with Gasteiger partial charge in [-0.1, -0.05) is 19.8 Å². The third-order valence-electron chi connectivity index (χ3n) is 4.83. The van der Waals surface area contributed by atoms with Gasteiger partial charge >= 0.3 is 0 Å². The number of alkyl halides is 1. The van der Waals surface area contributed by atoms with E-state index in [0.29, 0.717) is 11.3 Å². The smallest absolute Gasteiger partial charge is 0.160 e. The second-order valence-electron chi connectivity index (χ2n) is 6.16. The first-order chi connectivity index (χ1) is 9.67. The highest BCUT2D eigenvalue weighted by Crippen LogP contribution is 2.43. The first-order valence-electron chi connectivity index (χ1n) is 7.55. The van der Waals surface area contributed by atoms with Gasteiger partial charge in [-0.2, -0.15) is 0 Å². The van der Waals surface area contributed by atoms with Crippen LogP contribution >= 0.6 is 11.6 Å². The Hall–Kier alpha value is -1.09. The number of aromatic nitrogens is 3. The lowest BCUT2D eigenvalue weighted by molar-refractivity contribution is 0.238. The number of fused-ring (bicyclic) bond motifs is 1. The Morgan fingerprint density at radius 1 is 1.35 bits per heavy atom. The van der Waals surface area contributed by atoms with E-state index in [1.165, 1.54) is 32.1 Å². The van der Waals surface area contributed by atoms with Gasteiger partial charge in [0.05, 0.1) is 5.88 Å². The first-order valence-corrected chi connectivity index (χ1v) is 8.09. The maximum Gasteiger partial charge on any atom is 0.160 e. The maximum absolute atomic E-state index is 6.11. The fourth-order valence-corrected chi connectivity index (χ4v) is 3.71. The van der Waals surface area contributed by atoms with E-state index in [2.05, 4.69) is 34.4 Å². The Labute approximate surface area is 125 Å². The molecule has 1 aliphatic carbocycles. The van der Waals surface area contributed by atoms with Gasteiger partial charge in [0, 0.05) is 12.7 Å². The van der Waals surface area contributed by atoms with Crippen molar-refractivity contribution in [1.29, 1.82) is 0 Å². The van der Waals surface area contributed by atoms with Crippen LogP contribution < -0.4 is 0 Å². The molecule has 1 aliphatic rings. The van der Waals surface area contributed by atoms with Crippen LogP contribution in [0.1, 0.15) is 50.4 Å². The van der Waals surface area contributed by atoms with Crippen molar-refractivity contribution in [2.75, 3.05) is 0 Å². The molecule has 0 aliphatic heterocycles. The Morgan fingerprint density at radius 2 is 2.10 bits per heavy atom. The number of hydrogen-bond donors (Lipinski definition) is 0. The highest BCUT2D eigenvalue weighted by atomic mass is 35.5. The summed E-state index contributed by atoms with van der Waals surface area (Å²) in [6, 6.07) is 2.10. The van der Waals surface area contributed by atoms with E-state index in [9.17, 15) is 0 Å². The zero-order valence-electron chi connectivity index (χ0n) is 12.3. The second kappa shape index (κ2) is 5.36. The zero-order valence-corrected chi connectivity index (χ0v) is 13.1. The highest BCUT2D eigenvalue weighted by Gasteiger charge is 2.33. The Bertz CT molecular complexity index is 611. The summed E-state index contributed by atoms with van der Waals surface area (Å²) < 4.78 is 2.26.